The maximum absolute atomic E-state index is 12.2. The van der Waals surface area contributed by atoms with Gasteiger partial charge in [-0.05, 0) is 30.2 Å². The Labute approximate surface area is 134 Å². The third-order valence-corrected chi connectivity index (χ3v) is 5.13. The first-order valence-corrected chi connectivity index (χ1v) is 8.61. The smallest absolute Gasteiger partial charge is 0.222 e. The van der Waals surface area contributed by atoms with Gasteiger partial charge >= 0.3 is 0 Å². The van der Waals surface area contributed by atoms with E-state index in [0.717, 1.165) is 35.9 Å². The molecule has 1 fully saturated rings. The lowest BCUT2D eigenvalue weighted by atomic mass is 10.0. The van der Waals surface area contributed by atoms with Crippen LogP contribution in [-0.2, 0) is 9.53 Å². The first kappa shape index (κ1) is 15.2. The van der Waals surface area contributed by atoms with Gasteiger partial charge in [0.05, 0.1) is 19.3 Å². The molecule has 2 N–H and O–H groups in total. The van der Waals surface area contributed by atoms with E-state index in [2.05, 4.69) is 10.6 Å². The van der Waals surface area contributed by atoms with E-state index in [-0.39, 0.29) is 18.0 Å². The van der Waals surface area contributed by atoms with E-state index in [1.807, 2.05) is 30.0 Å². The highest BCUT2D eigenvalue weighted by Crippen LogP contribution is 2.37. The second-order valence-electron chi connectivity index (χ2n) is 5.37. The molecule has 2 heterocycles. The number of fused-ring (bicyclic) bond motifs is 1. The summed E-state index contributed by atoms with van der Waals surface area (Å²) in [6.45, 7) is 2.15. The molecule has 1 amide bonds. The first-order chi connectivity index (χ1) is 10.2. The van der Waals surface area contributed by atoms with E-state index in [1.54, 1.807) is 0 Å². The Morgan fingerprint density at radius 3 is 3.24 bits per heavy atom. The highest BCUT2D eigenvalue weighted by molar-refractivity contribution is 7.99. The zero-order valence-corrected chi connectivity index (χ0v) is 13.3. The molecule has 2 atom stereocenters. The molecule has 21 heavy (non-hydrogen) atoms. The molecule has 0 bridgehead atoms. The van der Waals surface area contributed by atoms with Crippen molar-refractivity contribution in [3.63, 3.8) is 0 Å². The third-order valence-electron chi connectivity index (χ3n) is 3.78. The van der Waals surface area contributed by atoms with Gasteiger partial charge < -0.3 is 15.4 Å². The van der Waals surface area contributed by atoms with Gasteiger partial charge in [0.2, 0.25) is 5.91 Å². The van der Waals surface area contributed by atoms with Crippen molar-refractivity contribution < 1.29 is 9.53 Å². The molecule has 1 saturated heterocycles. The van der Waals surface area contributed by atoms with Crippen molar-refractivity contribution >= 4 is 29.3 Å². The maximum Gasteiger partial charge on any atom is 0.222 e. The second-order valence-corrected chi connectivity index (χ2v) is 6.94. The Morgan fingerprint density at radius 2 is 2.43 bits per heavy atom. The summed E-state index contributed by atoms with van der Waals surface area (Å²) in [7, 11) is 0. The lowest BCUT2D eigenvalue weighted by molar-refractivity contribution is -0.123. The number of carbonyl (C=O) groups excluding carboxylic acids is 1. The summed E-state index contributed by atoms with van der Waals surface area (Å²) in [5.74, 6) is 1.09. The number of ether oxygens (including phenoxy) is 1. The van der Waals surface area contributed by atoms with Crippen LogP contribution in [0.1, 0.15) is 24.4 Å². The molecule has 0 aliphatic carbocycles. The Balaban J connectivity index is 1.63. The molecule has 2 unspecified atom stereocenters. The normalized spacial score (nSPS) is 25.2. The van der Waals surface area contributed by atoms with Gasteiger partial charge in [-0.15, -0.1) is 11.8 Å². The van der Waals surface area contributed by atoms with Crippen molar-refractivity contribution in [1.29, 1.82) is 0 Å². The van der Waals surface area contributed by atoms with Crippen LogP contribution >= 0.6 is 23.4 Å². The average Bonchev–Trinajstić information content (AvgIpc) is 2.49. The topological polar surface area (TPSA) is 50.4 Å². The second kappa shape index (κ2) is 7.01. The van der Waals surface area contributed by atoms with Crippen LogP contribution in [0.25, 0.3) is 0 Å². The number of benzene rings is 1. The summed E-state index contributed by atoms with van der Waals surface area (Å²) in [5.41, 5.74) is 1.14. The lowest BCUT2D eigenvalue weighted by Gasteiger charge is -2.28. The van der Waals surface area contributed by atoms with Gasteiger partial charge in [0, 0.05) is 34.7 Å². The fraction of sp³-hybridized carbons (Fsp3) is 0.533. The number of hydrogen-bond acceptors (Lipinski definition) is 4. The number of rotatable bonds is 3. The van der Waals surface area contributed by atoms with Gasteiger partial charge in [0.25, 0.3) is 0 Å². The summed E-state index contributed by atoms with van der Waals surface area (Å²) in [4.78, 5) is 13.4. The van der Waals surface area contributed by atoms with Gasteiger partial charge in [-0.25, -0.2) is 0 Å². The molecular weight excluding hydrogens is 308 g/mol. The summed E-state index contributed by atoms with van der Waals surface area (Å²) < 4.78 is 5.38. The van der Waals surface area contributed by atoms with Gasteiger partial charge in [-0.2, -0.15) is 0 Å². The highest BCUT2D eigenvalue weighted by Gasteiger charge is 2.24. The minimum absolute atomic E-state index is 0.0666. The fourth-order valence-corrected chi connectivity index (χ4v) is 4.03. The zero-order valence-electron chi connectivity index (χ0n) is 11.7. The van der Waals surface area contributed by atoms with E-state index in [1.165, 1.54) is 4.90 Å². The highest BCUT2D eigenvalue weighted by atomic mass is 35.5. The van der Waals surface area contributed by atoms with E-state index in [9.17, 15) is 4.79 Å². The quantitative estimate of drug-likeness (QED) is 0.895. The number of amides is 1. The van der Waals surface area contributed by atoms with Crippen molar-refractivity contribution in [2.24, 2.45) is 0 Å². The molecule has 0 radical (unpaired) electrons. The van der Waals surface area contributed by atoms with E-state index in [0.29, 0.717) is 13.0 Å². The zero-order chi connectivity index (χ0) is 14.7. The molecule has 2 aliphatic heterocycles. The Bertz CT molecular complexity index is 520. The summed E-state index contributed by atoms with van der Waals surface area (Å²) >= 11 is 7.91. The van der Waals surface area contributed by atoms with Gasteiger partial charge in [-0.1, -0.05) is 11.6 Å². The minimum atomic E-state index is 0.0666. The lowest BCUT2D eigenvalue weighted by Crippen LogP contribution is -2.44. The van der Waals surface area contributed by atoms with Gasteiger partial charge in [0.1, 0.15) is 0 Å². The van der Waals surface area contributed by atoms with Crippen molar-refractivity contribution in [2.45, 2.75) is 29.8 Å². The average molecular weight is 327 g/mol. The van der Waals surface area contributed by atoms with Crippen molar-refractivity contribution in [3.05, 3.63) is 28.8 Å². The van der Waals surface area contributed by atoms with Crippen molar-refractivity contribution in [2.75, 3.05) is 25.5 Å². The third kappa shape index (κ3) is 3.92. The predicted molar refractivity (Wildman–Crippen MR) is 84.9 cm³/mol. The molecular formula is C15H19ClN2O2S. The predicted octanol–water partition coefficient (Wildman–Crippen LogP) is 2.37. The van der Waals surface area contributed by atoms with E-state index < -0.39 is 0 Å². The molecule has 0 saturated carbocycles. The molecule has 4 nitrogen and oxygen atoms in total. The SMILES string of the molecule is O=C(CC1COCCN1)NC1CCSc2ccc(Cl)cc21. The van der Waals surface area contributed by atoms with Crippen LogP contribution in [-0.4, -0.2) is 37.5 Å². The number of carbonyl (C=O) groups is 1. The molecule has 0 spiro atoms. The van der Waals surface area contributed by atoms with Crippen molar-refractivity contribution in [3.8, 4) is 0 Å². The number of thioether (sulfide) groups is 1. The molecule has 0 aromatic heterocycles. The molecule has 114 valence electrons. The van der Waals surface area contributed by atoms with Crippen LogP contribution in [0.15, 0.2) is 23.1 Å². The van der Waals surface area contributed by atoms with E-state index >= 15 is 0 Å². The van der Waals surface area contributed by atoms with Crippen LogP contribution < -0.4 is 10.6 Å². The number of morpholine rings is 1. The van der Waals surface area contributed by atoms with Crippen LogP contribution in [0.2, 0.25) is 5.02 Å². The van der Waals surface area contributed by atoms with Crippen molar-refractivity contribution in [1.82, 2.24) is 10.6 Å². The van der Waals surface area contributed by atoms with Gasteiger partial charge in [0.15, 0.2) is 0 Å². The Kier molecular flexibility index (Phi) is 5.06. The maximum atomic E-state index is 12.2. The fourth-order valence-electron chi connectivity index (χ4n) is 2.74. The standard InChI is InChI=1S/C15H19ClN2O2S/c16-10-1-2-14-12(7-10)13(3-6-21-14)18-15(19)8-11-9-20-5-4-17-11/h1-2,7,11,13,17H,3-6,8-9H2,(H,18,19). The van der Waals surface area contributed by atoms with Crippen LogP contribution in [0.4, 0.5) is 0 Å². The molecule has 1 aromatic rings. The Morgan fingerprint density at radius 1 is 1.52 bits per heavy atom. The largest absolute Gasteiger partial charge is 0.378 e. The van der Waals surface area contributed by atoms with Crippen LogP contribution in [0, 0.1) is 0 Å². The summed E-state index contributed by atoms with van der Waals surface area (Å²) in [6.07, 6.45) is 1.40. The summed E-state index contributed by atoms with van der Waals surface area (Å²) in [6, 6.07) is 6.10. The molecule has 3 rings (SSSR count). The molecule has 6 heteroatoms. The monoisotopic (exact) mass is 326 g/mol. The van der Waals surface area contributed by atoms with E-state index in [4.69, 9.17) is 16.3 Å². The van der Waals surface area contributed by atoms with Crippen LogP contribution in [0.5, 0.6) is 0 Å². The minimum Gasteiger partial charge on any atom is -0.378 e. The Hall–Kier alpha value is -0.750. The molecule has 2 aliphatic rings. The number of nitrogens with one attached hydrogen (secondary N) is 2. The van der Waals surface area contributed by atoms with Gasteiger partial charge in [-0.3, -0.25) is 4.79 Å². The number of hydrogen-bond donors (Lipinski definition) is 2. The first-order valence-electron chi connectivity index (χ1n) is 7.25. The number of halogens is 1. The van der Waals surface area contributed by atoms with Crippen LogP contribution in [0.3, 0.4) is 0 Å². The molecule has 1 aromatic carbocycles. The summed E-state index contributed by atoms with van der Waals surface area (Å²) in [5, 5.41) is 7.17.